The van der Waals surface area contributed by atoms with Gasteiger partial charge in [0, 0.05) is 11.6 Å². The number of thiocarbonyl (C=S) groups is 1. The second-order valence-corrected chi connectivity index (χ2v) is 5.44. The van der Waals surface area contributed by atoms with Crippen molar-refractivity contribution in [2.45, 2.75) is 0 Å². The van der Waals surface area contributed by atoms with Crippen LogP contribution in [0.25, 0.3) is 6.08 Å². The number of ether oxygens (including phenoxy) is 2. The van der Waals surface area contributed by atoms with Crippen molar-refractivity contribution in [1.29, 1.82) is 0 Å². The minimum absolute atomic E-state index is 0.0252. The molecule has 0 atom stereocenters. The fourth-order valence-corrected chi connectivity index (χ4v) is 2.64. The lowest BCUT2D eigenvalue weighted by Gasteiger charge is -2.30. The van der Waals surface area contributed by atoms with Gasteiger partial charge >= 0.3 is 0 Å². The second-order valence-electron chi connectivity index (χ2n) is 5.05. The largest absolute Gasteiger partial charge is 0.497 e. The summed E-state index contributed by atoms with van der Waals surface area (Å²) >= 11 is 5.17. The first-order valence-corrected chi connectivity index (χ1v) is 7.61. The van der Waals surface area contributed by atoms with Crippen molar-refractivity contribution in [3.05, 3.63) is 47.9 Å². The second kappa shape index (κ2) is 6.78. The van der Waals surface area contributed by atoms with Crippen LogP contribution in [-0.4, -0.2) is 31.1 Å². The Kier molecular flexibility index (Phi) is 4.53. The molecule has 2 heterocycles. The summed E-state index contributed by atoms with van der Waals surface area (Å²) in [6.45, 7) is 0. The van der Waals surface area contributed by atoms with E-state index in [2.05, 4.69) is 5.32 Å². The van der Waals surface area contributed by atoms with Crippen molar-refractivity contribution in [2.24, 2.45) is 0 Å². The van der Waals surface area contributed by atoms with Gasteiger partial charge in [-0.15, -0.1) is 0 Å². The molecule has 0 spiro atoms. The normalized spacial score (nSPS) is 16.2. The van der Waals surface area contributed by atoms with E-state index in [1.165, 1.54) is 37.7 Å². The molecule has 1 N–H and O–H groups in total. The summed E-state index contributed by atoms with van der Waals surface area (Å²) in [7, 11) is 2.99. The molecule has 0 bridgehead atoms. The number of hydrogen-bond donors (Lipinski definition) is 1. The predicted molar refractivity (Wildman–Crippen MR) is 94.5 cm³/mol. The molecule has 0 radical (unpaired) electrons. The monoisotopic (exact) mass is 358 g/mol. The molecule has 0 saturated carbocycles. The smallest absolute Gasteiger partial charge is 0.270 e. The number of anilines is 1. The maximum atomic E-state index is 12.9. The molecular weight excluding hydrogens is 344 g/mol. The highest BCUT2D eigenvalue weighted by Gasteiger charge is 2.36. The molecule has 25 heavy (non-hydrogen) atoms. The predicted octanol–water partition coefficient (Wildman–Crippen LogP) is 2.13. The van der Waals surface area contributed by atoms with Crippen molar-refractivity contribution in [3.8, 4) is 11.5 Å². The number of carbonyl (C=O) groups is 2. The van der Waals surface area contributed by atoms with Gasteiger partial charge in [0.05, 0.1) is 32.4 Å². The quantitative estimate of drug-likeness (QED) is 0.512. The van der Waals surface area contributed by atoms with E-state index in [1.807, 2.05) is 0 Å². The van der Waals surface area contributed by atoms with Gasteiger partial charge in [-0.3, -0.25) is 14.9 Å². The highest BCUT2D eigenvalue weighted by atomic mass is 32.1. The van der Waals surface area contributed by atoms with Crippen LogP contribution in [0.15, 0.2) is 46.8 Å². The molecule has 3 rings (SSSR count). The molecule has 128 valence electrons. The van der Waals surface area contributed by atoms with E-state index in [0.717, 1.165) is 0 Å². The number of carbonyl (C=O) groups excluding carboxylic acids is 2. The first-order valence-electron chi connectivity index (χ1n) is 7.21. The van der Waals surface area contributed by atoms with Gasteiger partial charge in [0.2, 0.25) is 0 Å². The van der Waals surface area contributed by atoms with Crippen LogP contribution >= 0.6 is 12.2 Å². The van der Waals surface area contributed by atoms with Gasteiger partial charge in [-0.2, -0.15) is 0 Å². The molecule has 7 nitrogen and oxygen atoms in total. The summed E-state index contributed by atoms with van der Waals surface area (Å²) in [4.78, 5) is 26.3. The van der Waals surface area contributed by atoms with E-state index in [1.54, 1.807) is 24.3 Å². The number of nitrogens with one attached hydrogen (secondary N) is 1. The number of hydrogen-bond acceptors (Lipinski definition) is 6. The minimum Gasteiger partial charge on any atom is -0.497 e. The lowest BCUT2D eigenvalue weighted by molar-refractivity contribution is -0.122. The van der Waals surface area contributed by atoms with Crippen LogP contribution in [0.1, 0.15) is 5.56 Å². The maximum absolute atomic E-state index is 12.9. The first-order chi connectivity index (χ1) is 12.0. The lowest BCUT2D eigenvalue weighted by atomic mass is 10.1. The SMILES string of the molecule is COc1ccc(N2C(=O)/C(=C/c3ccoc3)C(=O)NC2=S)c(OC)c1. The Morgan fingerprint density at radius 2 is 2.00 bits per heavy atom. The molecule has 8 heteroatoms. The zero-order valence-electron chi connectivity index (χ0n) is 13.4. The Balaban J connectivity index is 2.05. The molecule has 2 aromatic rings. The van der Waals surface area contributed by atoms with E-state index in [0.29, 0.717) is 22.7 Å². The number of furan rings is 1. The number of methoxy groups -OCH3 is 2. The molecule has 0 aliphatic carbocycles. The summed E-state index contributed by atoms with van der Waals surface area (Å²) in [6.07, 6.45) is 4.32. The van der Waals surface area contributed by atoms with Gasteiger partial charge in [0.15, 0.2) is 5.11 Å². The van der Waals surface area contributed by atoms with Gasteiger partial charge in [-0.05, 0) is 36.5 Å². The standard InChI is InChI=1S/C17H14N2O5S/c1-22-11-3-4-13(14(8-11)23-2)19-16(21)12(15(20)18-17(19)25)7-10-5-6-24-9-10/h3-9H,1-2H3,(H,18,20,25)/b12-7+. The van der Waals surface area contributed by atoms with Crippen LogP contribution in [0, 0.1) is 0 Å². The summed E-state index contributed by atoms with van der Waals surface area (Å²) in [5, 5.41) is 2.49. The Bertz CT molecular complexity index is 873. The number of amides is 2. The minimum atomic E-state index is -0.570. The molecule has 1 aromatic heterocycles. The van der Waals surface area contributed by atoms with Crippen molar-refractivity contribution in [1.82, 2.24) is 5.32 Å². The van der Waals surface area contributed by atoms with Gasteiger partial charge in [-0.25, -0.2) is 4.90 Å². The molecular formula is C17H14N2O5S. The van der Waals surface area contributed by atoms with Crippen molar-refractivity contribution < 1.29 is 23.5 Å². The topological polar surface area (TPSA) is 81.0 Å². The van der Waals surface area contributed by atoms with E-state index < -0.39 is 11.8 Å². The van der Waals surface area contributed by atoms with Crippen molar-refractivity contribution >= 4 is 40.9 Å². The summed E-state index contributed by atoms with van der Waals surface area (Å²) in [5.74, 6) is -0.179. The number of nitrogens with zero attached hydrogens (tertiary/aromatic N) is 1. The van der Waals surface area contributed by atoms with Crippen molar-refractivity contribution in [3.63, 3.8) is 0 Å². The van der Waals surface area contributed by atoms with E-state index >= 15 is 0 Å². The Labute approximate surface area is 148 Å². The summed E-state index contributed by atoms with van der Waals surface area (Å²) in [6, 6.07) is 6.57. The molecule has 1 saturated heterocycles. The maximum Gasteiger partial charge on any atom is 0.270 e. The van der Waals surface area contributed by atoms with E-state index in [4.69, 9.17) is 26.1 Å². The number of rotatable bonds is 4. The van der Waals surface area contributed by atoms with Gasteiger partial charge < -0.3 is 13.9 Å². The molecule has 0 unspecified atom stereocenters. The van der Waals surface area contributed by atoms with Gasteiger partial charge in [0.1, 0.15) is 17.1 Å². The summed E-state index contributed by atoms with van der Waals surface area (Å²) < 4.78 is 15.4. The first kappa shape index (κ1) is 16.7. The van der Waals surface area contributed by atoms with Crippen LogP contribution in [0.3, 0.4) is 0 Å². The van der Waals surface area contributed by atoms with Crippen LogP contribution in [-0.2, 0) is 9.59 Å². The van der Waals surface area contributed by atoms with Crippen LogP contribution in [0.4, 0.5) is 5.69 Å². The van der Waals surface area contributed by atoms with Crippen molar-refractivity contribution in [2.75, 3.05) is 19.1 Å². The molecule has 1 fully saturated rings. The highest BCUT2D eigenvalue weighted by molar-refractivity contribution is 7.80. The fourth-order valence-electron chi connectivity index (χ4n) is 2.37. The Morgan fingerprint density at radius 3 is 2.64 bits per heavy atom. The average Bonchev–Trinajstić information content (AvgIpc) is 3.12. The fraction of sp³-hybridized carbons (Fsp3) is 0.118. The molecule has 1 aliphatic rings. The zero-order valence-corrected chi connectivity index (χ0v) is 14.3. The third kappa shape index (κ3) is 3.11. The third-order valence-corrected chi connectivity index (χ3v) is 3.87. The zero-order chi connectivity index (χ0) is 18.0. The Morgan fingerprint density at radius 1 is 1.20 bits per heavy atom. The lowest BCUT2D eigenvalue weighted by Crippen LogP contribution is -2.54. The van der Waals surface area contributed by atoms with Gasteiger partial charge in [0.25, 0.3) is 11.8 Å². The number of benzene rings is 1. The van der Waals surface area contributed by atoms with E-state index in [-0.39, 0.29) is 10.7 Å². The molecule has 1 aliphatic heterocycles. The summed E-state index contributed by atoms with van der Waals surface area (Å²) in [5.41, 5.74) is 0.928. The third-order valence-electron chi connectivity index (χ3n) is 3.58. The van der Waals surface area contributed by atoms with Gasteiger partial charge in [-0.1, -0.05) is 0 Å². The molecule has 1 aromatic carbocycles. The highest BCUT2D eigenvalue weighted by Crippen LogP contribution is 2.34. The van der Waals surface area contributed by atoms with Crippen LogP contribution in [0.5, 0.6) is 11.5 Å². The Hall–Kier alpha value is -3.13. The average molecular weight is 358 g/mol. The van der Waals surface area contributed by atoms with Crippen LogP contribution < -0.4 is 19.7 Å². The molecule has 2 amide bonds. The van der Waals surface area contributed by atoms with E-state index in [9.17, 15) is 9.59 Å². The van der Waals surface area contributed by atoms with Crippen LogP contribution in [0.2, 0.25) is 0 Å².